The summed E-state index contributed by atoms with van der Waals surface area (Å²) < 4.78 is 0. The zero-order chi connectivity index (χ0) is 13.0. The van der Waals surface area contributed by atoms with E-state index in [1.807, 2.05) is 0 Å². The van der Waals surface area contributed by atoms with Crippen molar-refractivity contribution in [2.75, 3.05) is 6.54 Å². The highest BCUT2D eigenvalue weighted by atomic mass is 35.5. The van der Waals surface area contributed by atoms with Crippen LogP contribution in [0.3, 0.4) is 0 Å². The molecule has 0 aliphatic carbocycles. The van der Waals surface area contributed by atoms with Gasteiger partial charge in [0.05, 0.1) is 16.9 Å². The Morgan fingerprint density at radius 3 is 2.94 bits per heavy atom. The van der Waals surface area contributed by atoms with E-state index in [2.05, 4.69) is 15.3 Å². The lowest BCUT2D eigenvalue weighted by Crippen LogP contribution is -2.26. The molecule has 0 bridgehead atoms. The van der Waals surface area contributed by atoms with Crippen LogP contribution in [0.4, 0.5) is 0 Å². The number of amides is 1. The predicted octanol–water partition coefficient (Wildman–Crippen LogP) is 2.69. The lowest BCUT2D eigenvalue weighted by molar-refractivity contribution is 0.0954. The molecule has 2 rings (SSSR count). The first-order valence-corrected chi connectivity index (χ1v) is 6.13. The number of aromatic amines is 1. The molecule has 0 unspecified atom stereocenters. The van der Waals surface area contributed by atoms with Crippen LogP contribution in [-0.4, -0.2) is 22.4 Å². The van der Waals surface area contributed by atoms with Gasteiger partial charge in [-0.2, -0.15) is 0 Å². The molecule has 6 heteroatoms. The Morgan fingerprint density at radius 1 is 1.39 bits per heavy atom. The number of nitrogens with zero attached hydrogens (tertiary/aromatic N) is 1. The van der Waals surface area contributed by atoms with E-state index >= 15 is 0 Å². The minimum atomic E-state index is -0.234. The van der Waals surface area contributed by atoms with Gasteiger partial charge in [0.2, 0.25) is 0 Å². The number of benzene rings is 1. The summed E-state index contributed by atoms with van der Waals surface area (Å²) >= 11 is 11.8. The Kier molecular flexibility index (Phi) is 4.23. The van der Waals surface area contributed by atoms with Crippen LogP contribution in [0.1, 0.15) is 16.1 Å². The molecule has 18 heavy (non-hydrogen) atoms. The van der Waals surface area contributed by atoms with Gasteiger partial charge in [0, 0.05) is 29.9 Å². The number of imidazole rings is 1. The first-order valence-electron chi connectivity index (χ1n) is 5.37. The molecular formula is C12H11Cl2N3O. The van der Waals surface area contributed by atoms with Gasteiger partial charge in [-0.1, -0.05) is 23.2 Å². The fraction of sp³-hybridized carbons (Fsp3) is 0.167. The van der Waals surface area contributed by atoms with E-state index in [1.54, 1.807) is 30.7 Å². The fourth-order valence-electron chi connectivity index (χ4n) is 1.50. The van der Waals surface area contributed by atoms with Gasteiger partial charge in [-0.25, -0.2) is 4.98 Å². The summed E-state index contributed by atoms with van der Waals surface area (Å²) in [7, 11) is 0. The monoisotopic (exact) mass is 283 g/mol. The molecule has 0 aliphatic heterocycles. The summed E-state index contributed by atoms with van der Waals surface area (Å²) in [4.78, 5) is 18.7. The van der Waals surface area contributed by atoms with E-state index in [1.165, 1.54) is 0 Å². The minimum Gasteiger partial charge on any atom is -0.352 e. The van der Waals surface area contributed by atoms with Crippen LogP contribution in [0.25, 0.3) is 0 Å². The van der Waals surface area contributed by atoms with Crippen LogP contribution in [-0.2, 0) is 6.42 Å². The van der Waals surface area contributed by atoms with E-state index in [9.17, 15) is 4.79 Å². The molecule has 0 atom stereocenters. The number of H-pyrrole nitrogens is 1. The molecule has 0 radical (unpaired) electrons. The lowest BCUT2D eigenvalue weighted by atomic mass is 10.2. The van der Waals surface area contributed by atoms with E-state index in [0.29, 0.717) is 28.6 Å². The molecule has 0 fully saturated rings. The molecule has 2 N–H and O–H groups in total. The standard InChI is InChI=1S/C12H11Cl2N3O/c13-8-1-2-11(14)10(5-8)12(18)16-4-3-9-6-15-7-17-9/h1-2,5-7H,3-4H2,(H,15,17)(H,16,18). The Morgan fingerprint density at radius 2 is 2.22 bits per heavy atom. The summed E-state index contributed by atoms with van der Waals surface area (Å²) in [6.07, 6.45) is 4.01. The molecular weight excluding hydrogens is 273 g/mol. The summed E-state index contributed by atoms with van der Waals surface area (Å²) in [5.41, 5.74) is 1.35. The molecule has 2 aromatic rings. The molecule has 1 amide bonds. The van der Waals surface area contributed by atoms with E-state index in [0.717, 1.165) is 5.69 Å². The van der Waals surface area contributed by atoms with Crippen LogP contribution in [0.15, 0.2) is 30.7 Å². The topological polar surface area (TPSA) is 57.8 Å². The van der Waals surface area contributed by atoms with Gasteiger partial charge in [0.15, 0.2) is 0 Å². The highest BCUT2D eigenvalue weighted by Gasteiger charge is 2.10. The quantitative estimate of drug-likeness (QED) is 0.906. The summed E-state index contributed by atoms with van der Waals surface area (Å²) in [6.45, 7) is 0.504. The third-order valence-electron chi connectivity index (χ3n) is 2.41. The number of halogens is 2. The Bertz CT molecular complexity index is 540. The maximum absolute atomic E-state index is 11.9. The van der Waals surface area contributed by atoms with Gasteiger partial charge in [-0.05, 0) is 18.2 Å². The molecule has 0 saturated carbocycles. The van der Waals surface area contributed by atoms with Gasteiger partial charge < -0.3 is 10.3 Å². The minimum absolute atomic E-state index is 0.234. The molecule has 1 heterocycles. The van der Waals surface area contributed by atoms with Gasteiger partial charge >= 0.3 is 0 Å². The maximum atomic E-state index is 11.9. The van der Waals surface area contributed by atoms with Crippen molar-refractivity contribution in [1.82, 2.24) is 15.3 Å². The zero-order valence-corrected chi connectivity index (χ0v) is 10.9. The molecule has 0 spiro atoms. The first kappa shape index (κ1) is 12.9. The molecule has 0 aliphatic rings. The number of nitrogens with one attached hydrogen (secondary N) is 2. The number of hydrogen-bond donors (Lipinski definition) is 2. The second-order valence-electron chi connectivity index (χ2n) is 3.71. The van der Waals surface area contributed by atoms with E-state index < -0.39 is 0 Å². The van der Waals surface area contributed by atoms with Gasteiger partial charge in [-0.3, -0.25) is 4.79 Å². The number of hydrogen-bond acceptors (Lipinski definition) is 2. The second kappa shape index (κ2) is 5.89. The van der Waals surface area contributed by atoms with Crippen molar-refractivity contribution < 1.29 is 4.79 Å². The number of aromatic nitrogens is 2. The molecule has 4 nitrogen and oxygen atoms in total. The fourth-order valence-corrected chi connectivity index (χ4v) is 1.87. The van der Waals surface area contributed by atoms with Gasteiger partial charge in [0.25, 0.3) is 5.91 Å². The number of carbonyl (C=O) groups is 1. The Balaban J connectivity index is 1.93. The van der Waals surface area contributed by atoms with Crippen molar-refractivity contribution in [2.45, 2.75) is 6.42 Å². The maximum Gasteiger partial charge on any atom is 0.252 e. The zero-order valence-electron chi connectivity index (χ0n) is 9.41. The van der Waals surface area contributed by atoms with Crippen LogP contribution in [0.5, 0.6) is 0 Å². The summed E-state index contributed by atoms with van der Waals surface area (Å²) in [5.74, 6) is -0.234. The van der Waals surface area contributed by atoms with Gasteiger partial charge in [-0.15, -0.1) is 0 Å². The highest BCUT2D eigenvalue weighted by Crippen LogP contribution is 2.20. The van der Waals surface area contributed by atoms with Crippen molar-refractivity contribution in [2.24, 2.45) is 0 Å². The van der Waals surface area contributed by atoms with Crippen LogP contribution >= 0.6 is 23.2 Å². The molecule has 0 saturated heterocycles. The third-order valence-corrected chi connectivity index (χ3v) is 2.97. The molecule has 1 aromatic heterocycles. The normalized spacial score (nSPS) is 10.3. The Labute approximate surface area is 114 Å². The van der Waals surface area contributed by atoms with Gasteiger partial charge in [0.1, 0.15) is 0 Å². The average molecular weight is 284 g/mol. The summed E-state index contributed by atoms with van der Waals surface area (Å²) in [6, 6.07) is 4.80. The average Bonchev–Trinajstić information content (AvgIpc) is 2.85. The largest absolute Gasteiger partial charge is 0.352 e. The molecule has 1 aromatic carbocycles. The van der Waals surface area contributed by atoms with Crippen LogP contribution in [0.2, 0.25) is 10.0 Å². The smallest absolute Gasteiger partial charge is 0.252 e. The van der Waals surface area contributed by atoms with Crippen molar-refractivity contribution in [3.63, 3.8) is 0 Å². The van der Waals surface area contributed by atoms with Crippen molar-refractivity contribution >= 4 is 29.1 Å². The predicted molar refractivity (Wildman–Crippen MR) is 71.1 cm³/mol. The van der Waals surface area contributed by atoms with Crippen LogP contribution < -0.4 is 5.32 Å². The second-order valence-corrected chi connectivity index (χ2v) is 4.55. The van der Waals surface area contributed by atoms with Crippen molar-refractivity contribution in [3.8, 4) is 0 Å². The van der Waals surface area contributed by atoms with E-state index in [4.69, 9.17) is 23.2 Å². The summed E-state index contributed by atoms with van der Waals surface area (Å²) in [5, 5.41) is 3.65. The lowest BCUT2D eigenvalue weighted by Gasteiger charge is -2.06. The molecule has 94 valence electrons. The Hall–Kier alpha value is -1.52. The SMILES string of the molecule is O=C(NCCc1cnc[nH]1)c1cc(Cl)ccc1Cl. The highest BCUT2D eigenvalue weighted by molar-refractivity contribution is 6.35. The van der Waals surface area contributed by atoms with Crippen molar-refractivity contribution in [1.29, 1.82) is 0 Å². The van der Waals surface area contributed by atoms with Crippen LogP contribution in [0, 0.1) is 0 Å². The first-order chi connectivity index (χ1) is 8.66. The third kappa shape index (κ3) is 3.24. The number of rotatable bonds is 4. The van der Waals surface area contributed by atoms with Crippen molar-refractivity contribution in [3.05, 3.63) is 52.0 Å². The number of carbonyl (C=O) groups excluding carboxylic acids is 1. The van der Waals surface area contributed by atoms with E-state index in [-0.39, 0.29) is 5.91 Å².